The van der Waals surface area contributed by atoms with Crippen molar-refractivity contribution in [3.8, 4) is 0 Å². The second-order valence-corrected chi connectivity index (χ2v) is 4.62. The Morgan fingerprint density at radius 2 is 2.21 bits per heavy atom. The van der Waals surface area contributed by atoms with Gasteiger partial charge in [-0.3, -0.25) is 4.79 Å². The number of hydrogen-bond donors (Lipinski definition) is 2. The number of rotatable bonds is 2. The lowest BCUT2D eigenvalue weighted by atomic mass is 9.78. The Bertz CT molecular complexity index is 294. The Labute approximate surface area is 83.9 Å². The average Bonchev–Trinajstić information content (AvgIpc) is 2.57. The lowest BCUT2D eigenvalue weighted by Crippen LogP contribution is -2.39. The molecular formula is C11H16N2O. The molecule has 0 spiro atoms. The van der Waals surface area contributed by atoms with Crippen LogP contribution in [0.25, 0.3) is 0 Å². The van der Waals surface area contributed by atoms with Crippen molar-refractivity contribution in [3.05, 3.63) is 11.8 Å². The lowest BCUT2D eigenvalue weighted by molar-refractivity contribution is -0.126. The fourth-order valence-corrected chi connectivity index (χ4v) is 2.64. The van der Waals surface area contributed by atoms with E-state index in [2.05, 4.69) is 10.6 Å². The predicted octanol–water partition coefficient (Wildman–Crippen LogP) is 0.431. The monoisotopic (exact) mass is 192 g/mol. The number of Topliss-reactive ketones (excluding diaryl/α,β-unsaturated/α-hetero) is 1. The van der Waals surface area contributed by atoms with Gasteiger partial charge in [0.1, 0.15) is 0 Å². The van der Waals surface area contributed by atoms with Crippen LogP contribution in [0.5, 0.6) is 0 Å². The van der Waals surface area contributed by atoms with Crippen molar-refractivity contribution in [1.82, 2.24) is 10.6 Å². The average molecular weight is 192 g/mol. The topological polar surface area (TPSA) is 41.1 Å². The van der Waals surface area contributed by atoms with Crippen LogP contribution in [0.15, 0.2) is 11.8 Å². The molecule has 1 aliphatic carbocycles. The third-order valence-electron chi connectivity index (χ3n) is 3.80. The number of nitrogens with one attached hydrogen (secondary N) is 2. The maximum atomic E-state index is 12.0. The zero-order valence-electron chi connectivity index (χ0n) is 8.25. The van der Waals surface area contributed by atoms with Crippen LogP contribution in [0.4, 0.5) is 0 Å². The first-order valence-corrected chi connectivity index (χ1v) is 5.56. The Morgan fingerprint density at radius 3 is 2.93 bits per heavy atom. The van der Waals surface area contributed by atoms with E-state index in [-0.39, 0.29) is 6.04 Å². The van der Waals surface area contributed by atoms with Gasteiger partial charge in [0, 0.05) is 24.9 Å². The maximum Gasteiger partial charge on any atom is 0.157 e. The van der Waals surface area contributed by atoms with Gasteiger partial charge in [0.05, 0.1) is 6.04 Å². The summed E-state index contributed by atoms with van der Waals surface area (Å²) in [6.07, 6.45) is 5.51. The summed E-state index contributed by atoms with van der Waals surface area (Å²) >= 11 is 0. The van der Waals surface area contributed by atoms with Gasteiger partial charge in [0.25, 0.3) is 0 Å². The van der Waals surface area contributed by atoms with Crippen LogP contribution >= 0.6 is 0 Å². The number of ketones is 1. The van der Waals surface area contributed by atoms with E-state index in [4.69, 9.17) is 0 Å². The molecule has 2 atom stereocenters. The second-order valence-electron chi connectivity index (χ2n) is 4.62. The molecule has 0 aromatic rings. The van der Waals surface area contributed by atoms with E-state index in [1.807, 2.05) is 6.20 Å². The Morgan fingerprint density at radius 1 is 1.36 bits per heavy atom. The van der Waals surface area contributed by atoms with Gasteiger partial charge in [-0.15, -0.1) is 0 Å². The first-order chi connectivity index (χ1) is 6.86. The molecule has 3 nitrogen and oxygen atoms in total. The van der Waals surface area contributed by atoms with Gasteiger partial charge in [-0.05, 0) is 24.6 Å². The van der Waals surface area contributed by atoms with Gasteiger partial charge in [-0.1, -0.05) is 6.42 Å². The van der Waals surface area contributed by atoms with Crippen LogP contribution in [0.1, 0.15) is 19.3 Å². The van der Waals surface area contributed by atoms with Crippen LogP contribution in [-0.2, 0) is 4.79 Å². The lowest BCUT2D eigenvalue weighted by Gasteiger charge is -2.27. The summed E-state index contributed by atoms with van der Waals surface area (Å²) in [6, 6.07) is 0.0419. The van der Waals surface area contributed by atoms with Gasteiger partial charge in [0.2, 0.25) is 0 Å². The fraction of sp³-hybridized carbons (Fsp3) is 0.727. The van der Waals surface area contributed by atoms with Crippen LogP contribution in [0.3, 0.4) is 0 Å². The Balaban J connectivity index is 1.75. The van der Waals surface area contributed by atoms with Gasteiger partial charge < -0.3 is 10.6 Å². The van der Waals surface area contributed by atoms with Crippen molar-refractivity contribution in [3.63, 3.8) is 0 Å². The van der Waals surface area contributed by atoms with Gasteiger partial charge in [-0.25, -0.2) is 0 Å². The van der Waals surface area contributed by atoms with Crippen LogP contribution in [0, 0.1) is 11.8 Å². The van der Waals surface area contributed by atoms with E-state index in [0.717, 1.165) is 25.9 Å². The van der Waals surface area contributed by atoms with Crippen molar-refractivity contribution in [1.29, 1.82) is 0 Å². The summed E-state index contributed by atoms with van der Waals surface area (Å²) < 4.78 is 0. The summed E-state index contributed by atoms with van der Waals surface area (Å²) in [7, 11) is 0. The third kappa shape index (κ3) is 1.12. The highest BCUT2D eigenvalue weighted by atomic mass is 16.1. The molecule has 1 saturated heterocycles. The quantitative estimate of drug-likeness (QED) is 0.666. The first kappa shape index (κ1) is 8.48. The zero-order chi connectivity index (χ0) is 9.54. The van der Waals surface area contributed by atoms with Crippen molar-refractivity contribution in [2.24, 2.45) is 11.8 Å². The molecule has 0 amide bonds. The van der Waals surface area contributed by atoms with Crippen molar-refractivity contribution >= 4 is 5.78 Å². The van der Waals surface area contributed by atoms with Crippen molar-refractivity contribution in [2.75, 3.05) is 13.1 Å². The highest BCUT2D eigenvalue weighted by Crippen LogP contribution is 2.33. The number of carbonyl (C=O) groups excluding carboxylic acids is 1. The number of hydrogen-bond acceptors (Lipinski definition) is 3. The van der Waals surface area contributed by atoms with E-state index in [9.17, 15) is 4.79 Å². The molecule has 0 radical (unpaired) electrons. The minimum absolute atomic E-state index is 0.0419. The molecule has 3 aliphatic rings. The maximum absolute atomic E-state index is 12.0. The Kier molecular flexibility index (Phi) is 1.87. The van der Waals surface area contributed by atoms with E-state index in [0.29, 0.717) is 17.6 Å². The summed E-state index contributed by atoms with van der Waals surface area (Å²) in [5.41, 5.74) is 1.31. The normalized spacial score (nSPS) is 35.9. The molecule has 3 rings (SSSR count). The molecule has 14 heavy (non-hydrogen) atoms. The number of fused-ring (bicyclic) bond motifs is 1. The number of carbonyl (C=O) groups is 1. The van der Waals surface area contributed by atoms with Crippen LogP contribution in [0.2, 0.25) is 0 Å². The molecule has 0 aromatic carbocycles. The molecule has 76 valence electrons. The van der Waals surface area contributed by atoms with Crippen molar-refractivity contribution < 1.29 is 4.79 Å². The Hall–Kier alpha value is -0.830. The molecule has 0 aromatic heterocycles. The summed E-state index contributed by atoms with van der Waals surface area (Å²) in [4.78, 5) is 12.0. The van der Waals surface area contributed by atoms with E-state index < -0.39 is 0 Å². The predicted molar refractivity (Wildman–Crippen MR) is 53.7 cm³/mol. The van der Waals surface area contributed by atoms with Crippen molar-refractivity contribution in [2.45, 2.75) is 25.3 Å². The SMILES string of the molecule is O=C(C1CCC1)C1NCC2CNC=C21. The molecule has 3 heteroatoms. The third-order valence-corrected chi connectivity index (χ3v) is 3.80. The van der Waals surface area contributed by atoms with Gasteiger partial charge >= 0.3 is 0 Å². The van der Waals surface area contributed by atoms with Gasteiger partial charge in [-0.2, -0.15) is 0 Å². The van der Waals surface area contributed by atoms with Gasteiger partial charge in [0.15, 0.2) is 5.78 Å². The second kappa shape index (κ2) is 3.09. The largest absolute Gasteiger partial charge is 0.390 e. The fourth-order valence-electron chi connectivity index (χ4n) is 2.64. The summed E-state index contributed by atoms with van der Waals surface area (Å²) in [5, 5.41) is 6.58. The van der Waals surface area contributed by atoms with Crippen LogP contribution in [-0.4, -0.2) is 24.9 Å². The minimum atomic E-state index is 0.0419. The van der Waals surface area contributed by atoms with E-state index in [1.165, 1.54) is 12.0 Å². The molecule has 1 saturated carbocycles. The summed E-state index contributed by atoms with van der Waals surface area (Å²) in [5.74, 6) is 1.37. The van der Waals surface area contributed by atoms with E-state index >= 15 is 0 Å². The summed E-state index contributed by atoms with van der Waals surface area (Å²) in [6.45, 7) is 1.98. The molecule has 0 bridgehead atoms. The molecule has 2 N–H and O–H groups in total. The molecule has 2 unspecified atom stereocenters. The minimum Gasteiger partial charge on any atom is -0.390 e. The highest BCUT2D eigenvalue weighted by Gasteiger charge is 2.40. The smallest absolute Gasteiger partial charge is 0.157 e. The molecule has 2 aliphatic heterocycles. The molecular weight excluding hydrogens is 176 g/mol. The highest BCUT2D eigenvalue weighted by molar-refractivity contribution is 5.90. The molecule has 2 heterocycles. The van der Waals surface area contributed by atoms with E-state index in [1.54, 1.807) is 0 Å². The molecule has 2 fully saturated rings. The first-order valence-electron chi connectivity index (χ1n) is 5.56. The van der Waals surface area contributed by atoms with Crippen LogP contribution < -0.4 is 10.6 Å². The standard InChI is InChI=1S/C11H16N2O/c14-11(7-2-1-3-7)10-9-6-12-4-8(9)5-13-10/h6-8,10,12-13H,1-5H2. The zero-order valence-corrected chi connectivity index (χ0v) is 8.25.